The highest BCUT2D eigenvalue weighted by Gasteiger charge is 2.20. The molecule has 16 heavy (non-hydrogen) atoms. The van der Waals surface area contributed by atoms with Crippen LogP contribution in [0.15, 0.2) is 0 Å². The third-order valence-electron chi connectivity index (χ3n) is 2.71. The minimum atomic E-state index is 0.357. The van der Waals surface area contributed by atoms with Crippen LogP contribution in [0.4, 0.5) is 0 Å². The van der Waals surface area contributed by atoms with Crippen LogP contribution in [0.1, 0.15) is 27.2 Å². The first-order valence-corrected chi connectivity index (χ1v) is 6.43. The summed E-state index contributed by atoms with van der Waals surface area (Å²) < 4.78 is 0. The first kappa shape index (κ1) is 15.9. The van der Waals surface area contributed by atoms with E-state index in [1.54, 1.807) is 0 Å². The lowest BCUT2D eigenvalue weighted by molar-refractivity contribution is 0.164. The molecule has 0 aromatic rings. The summed E-state index contributed by atoms with van der Waals surface area (Å²) in [6, 6.07) is 0. The lowest BCUT2D eigenvalue weighted by atomic mass is 9.92. The monoisotopic (exact) mass is 229 g/mol. The van der Waals surface area contributed by atoms with Crippen LogP contribution in [0.2, 0.25) is 0 Å². The van der Waals surface area contributed by atoms with E-state index < -0.39 is 0 Å². The van der Waals surface area contributed by atoms with Crippen molar-refractivity contribution in [2.24, 2.45) is 5.41 Å². The molecule has 3 heteroatoms. The second-order valence-corrected chi connectivity index (χ2v) is 5.77. The van der Waals surface area contributed by atoms with Crippen molar-refractivity contribution in [2.45, 2.75) is 27.2 Å². The van der Waals surface area contributed by atoms with Crippen LogP contribution < -0.4 is 5.32 Å². The molecular formula is C13H31N3. The molecule has 0 saturated heterocycles. The van der Waals surface area contributed by atoms with Crippen molar-refractivity contribution in [3.05, 3.63) is 0 Å². The topological polar surface area (TPSA) is 18.5 Å². The molecule has 0 rings (SSSR count). The molecule has 0 unspecified atom stereocenters. The molecule has 0 aromatic heterocycles. The van der Waals surface area contributed by atoms with Crippen LogP contribution in [0.3, 0.4) is 0 Å². The number of rotatable bonds is 9. The maximum Gasteiger partial charge on any atom is 0.0109 e. The Morgan fingerprint density at radius 2 is 1.69 bits per heavy atom. The minimum Gasteiger partial charge on any atom is -0.319 e. The fourth-order valence-corrected chi connectivity index (χ4v) is 2.07. The van der Waals surface area contributed by atoms with E-state index in [0.717, 1.165) is 13.1 Å². The van der Waals surface area contributed by atoms with Gasteiger partial charge in [0.15, 0.2) is 0 Å². The molecule has 0 spiro atoms. The average Bonchev–Trinajstić information content (AvgIpc) is 2.13. The highest BCUT2D eigenvalue weighted by atomic mass is 15.2. The molecule has 0 aliphatic carbocycles. The summed E-state index contributed by atoms with van der Waals surface area (Å²) in [6.45, 7) is 12.7. The van der Waals surface area contributed by atoms with Gasteiger partial charge in [-0.3, -0.25) is 0 Å². The lowest BCUT2D eigenvalue weighted by Crippen LogP contribution is -2.42. The molecule has 0 atom stereocenters. The fourth-order valence-electron chi connectivity index (χ4n) is 2.07. The van der Waals surface area contributed by atoms with Crippen molar-refractivity contribution in [2.75, 3.05) is 53.9 Å². The van der Waals surface area contributed by atoms with Crippen LogP contribution in [0.25, 0.3) is 0 Å². The van der Waals surface area contributed by atoms with E-state index in [0.29, 0.717) is 5.41 Å². The molecule has 98 valence electrons. The summed E-state index contributed by atoms with van der Waals surface area (Å²) in [7, 11) is 6.32. The Hall–Kier alpha value is -0.120. The Morgan fingerprint density at radius 3 is 2.12 bits per heavy atom. The van der Waals surface area contributed by atoms with E-state index in [-0.39, 0.29) is 0 Å². The zero-order chi connectivity index (χ0) is 12.6. The molecule has 1 N–H and O–H groups in total. The number of likely N-dealkylation sites (N-methyl/N-ethyl adjacent to an activating group) is 1. The molecule has 0 aliphatic heterocycles. The zero-order valence-corrected chi connectivity index (χ0v) is 12.1. The minimum absolute atomic E-state index is 0.357. The summed E-state index contributed by atoms with van der Waals surface area (Å²) in [5, 5.41) is 3.28. The maximum absolute atomic E-state index is 3.28. The average molecular weight is 229 g/mol. The molecule has 0 aromatic carbocycles. The summed E-state index contributed by atoms with van der Waals surface area (Å²) in [5.41, 5.74) is 0.357. The van der Waals surface area contributed by atoms with Gasteiger partial charge in [-0.2, -0.15) is 0 Å². The third-order valence-corrected chi connectivity index (χ3v) is 2.71. The highest BCUT2D eigenvalue weighted by Crippen LogP contribution is 2.15. The second kappa shape index (κ2) is 8.04. The summed E-state index contributed by atoms with van der Waals surface area (Å²) in [6.07, 6.45) is 1.24. The number of nitrogens with zero attached hydrogens (tertiary/aromatic N) is 2. The lowest BCUT2D eigenvalue weighted by Gasteiger charge is -2.33. The van der Waals surface area contributed by atoms with E-state index in [1.165, 1.54) is 26.1 Å². The van der Waals surface area contributed by atoms with Gasteiger partial charge in [0.1, 0.15) is 0 Å². The summed E-state index contributed by atoms with van der Waals surface area (Å²) >= 11 is 0. The quantitative estimate of drug-likeness (QED) is 0.646. The normalized spacial score (nSPS) is 12.8. The van der Waals surface area contributed by atoms with Gasteiger partial charge in [-0.05, 0) is 39.5 Å². The van der Waals surface area contributed by atoms with Crippen molar-refractivity contribution in [3.8, 4) is 0 Å². The molecule has 0 bridgehead atoms. The first-order valence-electron chi connectivity index (χ1n) is 6.43. The van der Waals surface area contributed by atoms with Crippen molar-refractivity contribution in [3.63, 3.8) is 0 Å². The SMILES string of the molecule is CCCN(CCN(C)C)CC(C)(C)CNC. The largest absolute Gasteiger partial charge is 0.319 e. The first-order chi connectivity index (χ1) is 7.41. The second-order valence-electron chi connectivity index (χ2n) is 5.77. The van der Waals surface area contributed by atoms with Crippen molar-refractivity contribution in [1.29, 1.82) is 0 Å². The molecule has 0 heterocycles. The number of nitrogens with one attached hydrogen (secondary N) is 1. The fraction of sp³-hybridized carbons (Fsp3) is 1.00. The Kier molecular flexibility index (Phi) is 7.98. The maximum atomic E-state index is 3.28. The summed E-state index contributed by atoms with van der Waals surface area (Å²) in [5.74, 6) is 0. The third kappa shape index (κ3) is 8.08. The van der Waals surface area contributed by atoms with Gasteiger partial charge in [-0.15, -0.1) is 0 Å². The molecule has 3 nitrogen and oxygen atoms in total. The van der Waals surface area contributed by atoms with Gasteiger partial charge in [-0.1, -0.05) is 20.8 Å². The molecule has 0 radical (unpaired) electrons. The molecule has 0 fully saturated rings. The van der Waals surface area contributed by atoms with Gasteiger partial charge in [0.05, 0.1) is 0 Å². The molecule has 0 amide bonds. The van der Waals surface area contributed by atoms with Crippen molar-refractivity contribution in [1.82, 2.24) is 15.1 Å². The van der Waals surface area contributed by atoms with E-state index in [2.05, 4.69) is 50.0 Å². The van der Waals surface area contributed by atoms with Crippen molar-refractivity contribution < 1.29 is 0 Å². The number of hydrogen-bond acceptors (Lipinski definition) is 3. The Bertz CT molecular complexity index is 167. The van der Waals surface area contributed by atoms with Crippen LogP contribution in [-0.4, -0.2) is 63.7 Å². The van der Waals surface area contributed by atoms with Gasteiger partial charge in [0.2, 0.25) is 0 Å². The zero-order valence-electron chi connectivity index (χ0n) is 12.1. The smallest absolute Gasteiger partial charge is 0.0109 e. The van der Waals surface area contributed by atoms with E-state index in [4.69, 9.17) is 0 Å². The Balaban J connectivity index is 4.09. The highest BCUT2D eigenvalue weighted by molar-refractivity contribution is 4.76. The predicted octanol–water partition coefficient (Wildman–Crippen LogP) is 1.51. The van der Waals surface area contributed by atoms with Gasteiger partial charge in [0, 0.05) is 26.2 Å². The van der Waals surface area contributed by atoms with Gasteiger partial charge < -0.3 is 15.1 Å². The van der Waals surface area contributed by atoms with E-state index in [1.807, 2.05) is 7.05 Å². The Labute approximate surface area is 102 Å². The van der Waals surface area contributed by atoms with Gasteiger partial charge in [0.25, 0.3) is 0 Å². The van der Waals surface area contributed by atoms with Crippen LogP contribution in [0.5, 0.6) is 0 Å². The van der Waals surface area contributed by atoms with Crippen LogP contribution in [0, 0.1) is 5.41 Å². The molecule has 0 aliphatic rings. The van der Waals surface area contributed by atoms with E-state index >= 15 is 0 Å². The van der Waals surface area contributed by atoms with Gasteiger partial charge in [-0.25, -0.2) is 0 Å². The van der Waals surface area contributed by atoms with Crippen molar-refractivity contribution >= 4 is 0 Å². The number of hydrogen-bond donors (Lipinski definition) is 1. The van der Waals surface area contributed by atoms with Gasteiger partial charge >= 0.3 is 0 Å². The van der Waals surface area contributed by atoms with Crippen LogP contribution in [-0.2, 0) is 0 Å². The Morgan fingerprint density at radius 1 is 1.06 bits per heavy atom. The summed E-state index contributed by atoms with van der Waals surface area (Å²) in [4.78, 5) is 4.84. The molecule has 0 saturated carbocycles. The standard InChI is InChI=1S/C13H31N3/c1-7-8-16(10-9-15(5)6)12-13(2,3)11-14-4/h14H,7-12H2,1-6H3. The van der Waals surface area contributed by atoms with E-state index in [9.17, 15) is 0 Å². The predicted molar refractivity (Wildman–Crippen MR) is 73.0 cm³/mol. The van der Waals surface area contributed by atoms with Crippen LogP contribution >= 0.6 is 0 Å². The molecular weight excluding hydrogens is 198 g/mol.